The molecule has 1 saturated heterocycles. The highest BCUT2D eigenvalue weighted by molar-refractivity contribution is 7.12. The first-order valence-corrected chi connectivity index (χ1v) is 11.5. The van der Waals surface area contributed by atoms with Crippen LogP contribution in [0.3, 0.4) is 0 Å². The summed E-state index contributed by atoms with van der Waals surface area (Å²) in [4.78, 5) is 14.8. The number of hydrogen-bond acceptors (Lipinski definition) is 8. The Bertz CT molecular complexity index is 821. The summed E-state index contributed by atoms with van der Waals surface area (Å²) in [7, 11) is 0. The molecule has 1 aliphatic carbocycles. The standard InChI is InChI=1S/C21H32N6OS/c1-15-24-25-20(29-15)28-13-5-8-26-9-11-27(12-10-26)18-14-17(16-6-7-16)22-19(23-18)21(2,3)4/h14,16H,5-13H2,1-4H3. The third kappa shape index (κ3) is 5.42. The molecule has 0 aromatic carbocycles. The average Bonchev–Trinajstić information content (AvgIpc) is 3.47. The number of ether oxygens (including phenoxy) is 1. The van der Waals surface area contributed by atoms with Crippen LogP contribution in [0.4, 0.5) is 5.82 Å². The Morgan fingerprint density at radius 2 is 1.86 bits per heavy atom. The van der Waals surface area contributed by atoms with Crippen LogP contribution in [0.1, 0.15) is 62.5 Å². The van der Waals surface area contributed by atoms with Gasteiger partial charge in [-0.3, -0.25) is 4.90 Å². The van der Waals surface area contributed by atoms with E-state index in [1.54, 1.807) is 0 Å². The van der Waals surface area contributed by atoms with E-state index in [4.69, 9.17) is 14.7 Å². The Labute approximate surface area is 177 Å². The van der Waals surface area contributed by atoms with Gasteiger partial charge >= 0.3 is 0 Å². The highest BCUT2D eigenvalue weighted by Gasteiger charge is 2.29. The molecule has 1 saturated carbocycles. The molecule has 4 rings (SSSR count). The molecule has 0 atom stereocenters. The summed E-state index contributed by atoms with van der Waals surface area (Å²) in [6.45, 7) is 14.4. The van der Waals surface area contributed by atoms with Crippen molar-refractivity contribution in [1.29, 1.82) is 0 Å². The Morgan fingerprint density at radius 3 is 2.48 bits per heavy atom. The van der Waals surface area contributed by atoms with Gasteiger partial charge in [-0.25, -0.2) is 9.97 Å². The van der Waals surface area contributed by atoms with Crippen molar-refractivity contribution in [2.45, 2.75) is 58.3 Å². The molecule has 0 unspecified atom stereocenters. The Kier molecular flexibility index (Phi) is 6.01. The normalized spacial score (nSPS) is 18.3. The van der Waals surface area contributed by atoms with Crippen LogP contribution < -0.4 is 9.64 Å². The minimum absolute atomic E-state index is 0.0209. The zero-order valence-electron chi connectivity index (χ0n) is 18.0. The van der Waals surface area contributed by atoms with E-state index in [0.29, 0.717) is 17.7 Å². The van der Waals surface area contributed by atoms with Crippen molar-refractivity contribution in [3.05, 3.63) is 22.6 Å². The van der Waals surface area contributed by atoms with Crippen molar-refractivity contribution in [3.63, 3.8) is 0 Å². The molecule has 158 valence electrons. The second-order valence-electron chi connectivity index (χ2n) is 9.12. The lowest BCUT2D eigenvalue weighted by molar-refractivity contribution is 0.223. The molecule has 0 amide bonds. The minimum atomic E-state index is -0.0209. The van der Waals surface area contributed by atoms with Crippen molar-refractivity contribution >= 4 is 17.2 Å². The number of aryl methyl sites for hydroxylation is 1. The fourth-order valence-electron chi connectivity index (χ4n) is 3.52. The lowest BCUT2D eigenvalue weighted by Crippen LogP contribution is -2.47. The van der Waals surface area contributed by atoms with Gasteiger partial charge in [-0.05, 0) is 26.2 Å². The second-order valence-corrected chi connectivity index (χ2v) is 10.3. The van der Waals surface area contributed by atoms with E-state index in [0.717, 1.165) is 55.8 Å². The first-order valence-electron chi connectivity index (χ1n) is 10.7. The van der Waals surface area contributed by atoms with Gasteiger partial charge in [-0.2, -0.15) is 0 Å². The molecule has 8 heteroatoms. The van der Waals surface area contributed by atoms with Crippen LogP contribution in [-0.2, 0) is 5.41 Å². The van der Waals surface area contributed by atoms with Gasteiger partial charge < -0.3 is 9.64 Å². The van der Waals surface area contributed by atoms with Gasteiger partial charge in [-0.15, -0.1) is 10.2 Å². The van der Waals surface area contributed by atoms with E-state index in [1.807, 2.05) is 6.92 Å². The smallest absolute Gasteiger partial charge is 0.294 e. The number of piperazine rings is 1. The van der Waals surface area contributed by atoms with E-state index in [1.165, 1.54) is 29.9 Å². The summed E-state index contributed by atoms with van der Waals surface area (Å²) in [6, 6.07) is 2.24. The van der Waals surface area contributed by atoms with E-state index >= 15 is 0 Å². The maximum Gasteiger partial charge on any atom is 0.294 e. The fraction of sp³-hybridized carbons (Fsp3) is 0.714. The molecule has 3 heterocycles. The predicted octanol–water partition coefficient (Wildman–Crippen LogP) is 3.40. The Hall–Kier alpha value is -1.80. The summed E-state index contributed by atoms with van der Waals surface area (Å²) in [5.74, 6) is 2.74. The number of rotatable bonds is 7. The molecule has 0 spiro atoms. The summed E-state index contributed by atoms with van der Waals surface area (Å²) >= 11 is 1.51. The SMILES string of the molecule is Cc1nnc(OCCCN2CCN(c3cc(C4CC4)nc(C(C)(C)C)n3)CC2)s1. The number of anilines is 1. The molecular weight excluding hydrogens is 384 g/mol. The van der Waals surface area contributed by atoms with Crippen molar-refractivity contribution in [2.75, 3.05) is 44.2 Å². The van der Waals surface area contributed by atoms with Gasteiger partial charge in [0.05, 0.1) is 6.61 Å². The van der Waals surface area contributed by atoms with E-state index < -0.39 is 0 Å². The lowest BCUT2D eigenvalue weighted by Gasteiger charge is -2.36. The third-order valence-electron chi connectivity index (χ3n) is 5.45. The van der Waals surface area contributed by atoms with Crippen LogP contribution in [0.2, 0.25) is 0 Å². The molecule has 1 aliphatic heterocycles. The van der Waals surface area contributed by atoms with E-state index in [-0.39, 0.29) is 5.41 Å². The first-order chi connectivity index (χ1) is 13.9. The van der Waals surface area contributed by atoms with Crippen molar-refractivity contribution in [1.82, 2.24) is 25.1 Å². The maximum absolute atomic E-state index is 5.69. The molecule has 0 bridgehead atoms. The first kappa shape index (κ1) is 20.5. The van der Waals surface area contributed by atoms with Gasteiger partial charge in [0.15, 0.2) is 0 Å². The fourth-order valence-corrected chi connectivity index (χ4v) is 4.08. The quantitative estimate of drug-likeness (QED) is 0.641. The molecule has 29 heavy (non-hydrogen) atoms. The van der Waals surface area contributed by atoms with Crippen LogP contribution in [0.15, 0.2) is 6.07 Å². The average molecular weight is 417 g/mol. The largest absolute Gasteiger partial charge is 0.469 e. The van der Waals surface area contributed by atoms with E-state index in [2.05, 4.69) is 46.8 Å². The zero-order valence-corrected chi connectivity index (χ0v) is 18.8. The molecule has 0 radical (unpaired) electrons. The molecule has 2 fully saturated rings. The second kappa shape index (κ2) is 8.52. The van der Waals surface area contributed by atoms with Crippen LogP contribution in [0.5, 0.6) is 5.19 Å². The van der Waals surface area contributed by atoms with Crippen LogP contribution >= 0.6 is 11.3 Å². The monoisotopic (exact) mass is 416 g/mol. The number of nitrogens with zero attached hydrogens (tertiary/aromatic N) is 6. The summed E-state index contributed by atoms with van der Waals surface area (Å²) in [5, 5.41) is 9.61. The van der Waals surface area contributed by atoms with Crippen molar-refractivity contribution < 1.29 is 4.74 Å². The predicted molar refractivity (Wildman–Crippen MR) is 116 cm³/mol. The van der Waals surface area contributed by atoms with Gasteiger partial charge in [0, 0.05) is 55.8 Å². The van der Waals surface area contributed by atoms with Gasteiger partial charge in [-0.1, -0.05) is 32.1 Å². The molecule has 0 N–H and O–H groups in total. The number of hydrogen-bond donors (Lipinski definition) is 0. The molecule has 2 aromatic heterocycles. The highest BCUT2D eigenvalue weighted by Crippen LogP contribution is 2.40. The van der Waals surface area contributed by atoms with E-state index in [9.17, 15) is 0 Å². The van der Waals surface area contributed by atoms with Crippen LogP contribution in [0.25, 0.3) is 0 Å². The summed E-state index contributed by atoms with van der Waals surface area (Å²) < 4.78 is 5.69. The topological polar surface area (TPSA) is 67.3 Å². The summed E-state index contributed by atoms with van der Waals surface area (Å²) in [5.41, 5.74) is 1.22. The molecule has 2 aromatic rings. The van der Waals surface area contributed by atoms with Gasteiger partial charge in [0.2, 0.25) is 0 Å². The molecular formula is C21H32N6OS. The van der Waals surface area contributed by atoms with Crippen molar-refractivity contribution in [3.8, 4) is 5.19 Å². The van der Waals surface area contributed by atoms with Gasteiger partial charge in [0.1, 0.15) is 16.6 Å². The molecule has 2 aliphatic rings. The van der Waals surface area contributed by atoms with Crippen LogP contribution in [0, 0.1) is 6.92 Å². The number of aromatic nitrogens is 4. The van der Waals surface area contributed by atoms with Gasteiger partial charge in [0.25, 0.3) is 5.19 Å². The van der Waals surface area contributed by atoms with Crippen LogP contribution in [-0.4, -0.2) is 64.4 Å². The molecule has 7 nitrogen and oxygen atoms in total. The third-order valence-corrected chi connectivity index (χ3v) is 6.20. The van der Waals surface area contributed by atoms with Crippen molar-refractivity contribution in [2.24, 2.45) is 0 Å². The highest BCUT2D eigenvalue weighted by atomic mass is 32.1. The zero-order chi connectivity index (χ0) is 20.4. The lowest BCUT2D eigenvalue weighted by atomic mass is 9.95. The Balaban J connectivity index is 1.28. The minimum Gasteiger partial charge on any atom is -0.469 e. The summed E-state index contributed by atoms with van der Waals surface area (Å²) in [6.07, 6.45) is 3.55. The maximum atomic E-state index is 5.69. The Morgan fingerprint density at radius 1 is 1.10 bits per heavy atom.